The molecule has 0 spiro atoms. The Kier molecular flexibility index (Phi) is 5.50. The van der Waals surface area contributed by atoms with Gasteiger partial charge in [-0.2, -0.15) is 0 Å². The maximum atomic E-state index is 13.6. The lowest BCUT2D eigenvalue weighted by Gasteiger charge is -2.28. The van der Waals surface area contributed by atoms with Gasteiger partial charge in [0.2, 0.25) is 0 Å². The average molecular weight is 494 g/mol. The van der Waals surface area contributed by atoms with Gasteiger partial charge in [-0.1, -0.05) is 28.1 Å². The van der Waals surface area contributed by atoms with E-state index in [9.17, 15) is 22.4 Å². The summed E-state index contributed by atoms with van der Waals surface area (Å²) in [5.74, 6) is -1.46. The number of halogens is 2. The van der Waals surface area contributed by atoms with E-state index in [-0.39, 0.29) is 41.2 Å². The minimum Gasteiger partial charge on any atom is -0.451 e. The van der Waals surface area contributed by atoms with Crippen LogP contribution in [0.2, 0.25) is 0 Å². The van der Waals surface area contributed by atoms with Crippen LogP contribution < -0.4 is 5.43 Å². The summed E-state index contributed by atoms with van der Waals surface area (Å²) in [7, 11) is -3.27. The molecule has 0 N–H and O–H groups in total. The molecule has 2 heterocycles. The van der Waals surface area contributed by atoms with Crippen molar-refractivity contribution in [1.82, 2.24) is 4.90 Å². The minimum absolute atomic E-state index is 0.00113. The molecule has 1 amide bonds. The van der Waals surface area contributed by atoms with E-state index in [0.717, 1.165) is 6.07 Å². The quantitative estimate of drug-likeness (QED) is 0.554. The molecule has 1 aliphatic heterocycles. The van der Waals surface area contributed by atoms with Crippen LogP contribution in [0.25, 0.3) is 11.0 Å². The monoisotopic (exact) mass is 493 g/mol. The van der Waals surface area contributed by atoms with E-state index >= 15 is 0 Å². The molecule has 2 aromatic carbocycles. The Labute approximate surface area is 180 Å². The molecule has 9 heteroatoms. The molecule has 1 aliphatic rings. The van der Waals surface area contributed by atoms with Gasteiger partial charge in [0.05, 0.1) is 16.9 Å². The number of fused-ring (bicyclic) bond motifs is 1. The summed E-state index contributed by atoms with van der Waals surface area (Å²) in [5.41, 5.74) is 0.379. The van der Waals surface area contributed by atoms with E-state index in [4.69, 9.17) is 4.42 Å². The number of carbonyl (C=O) groups excluding carboxylic acids is 1. The van der Waals surface area contributed by atoms with Gasteiger partial charge in [-0.25, -0.2) is 12.8 Å². The summed E-state index contributed by atoms with van der Waals surface area (Å²) in [6.45, 7) is -0.00113. The van der Waals surface area contributed by atoms with Gasteiger partial charge in [0.25, 0.3) is 5.91 Å². The molecule has 0 aliphatic carbocycles. The molecule has 0 bridgehead atoms. The molecular weight excluding hydrogens is 477 g/mol. The fraction of sp³-hybridized carbons (Fsp3) is 0.238. The van der Waals surface area contributed by atoms with Gasteiger partial charge in [-0.05, 0) is 42.3 Å². The highest BCUT2D eigenvalue weighted by molar-refractivity contribution is 9.10. The summed E-state index contributed by atoms with van der Waals surface area (Å²) >= 11 is 3.29. The summed E-state index contributed by atoms with van der Waals surface area (Å²) in [6.07, 6.45) is 0.272. The third-order valence-corrected chi connectivity index (χ3v) is 7.30. The number of sulfone groups is 1. The number of nitrogens with zero attached hydrogens (tertiary/aromatic N) is 1. The molecule has 30 heavy (non-hydrogen) atoms. The molecule has 4 rings (SSSR count). The lowest BCUT2D eigenvalue weighted by Crippen LogP contribution is -2.41. The second-order valence-corrected chi connectivity index (χ2v) is 10.4. The molecule has 0 saturated carbocycles. The largest absolute Gasteiger partial charge is 0.451 e. The Hall–Kier alpha value is -2.52. The summed E-state index contributed by atoms with van der Waals surface area (Å²) in [4.78, 5) is 27.1. The second kappa shape index (κ2) is 7.96. The SMILES string of the molecule is O=C(c1cc(=O)c2cc(Br)ccc2o1)N(Cc1cccc(F)c1)[C@H]1CCS(=O)(=O)C1. The van der Waals surface area contributed by atoms with Gasteiger partial charge in [-0.15, -0.1) is 0 Å². The molecule has 0 unspecified atom stereocenters. The van der Waals surface area contributed by atoms with Crippen LogP contribution >= 0.6 is 15.9 Å². The molecule has 0 radical (unpaired) electrons. The lowest BCUT2D eigenvalue weighted by atomic mass is 10.1. The number of rotatable bonds is 4. The maximum Gasteiger partial charge on any atom is 0.290 e. The summed E-state index contributed by atoms with van der Waals surface area (Å²) in [5, 5.41) is 0.320. The highest BCUT2D eigenvalue weighted by Crippen LogP contribution is 2.24. The van der Waals surface area contributed by atoms with Crippen molar-refractivity contribution in [2.24, 2.45) is 0 Å². The Morgan fingerprint density at radius 1 is 1.20 bits per heavy atom. The number of amides is 1. The third kappa shape index (κ3) is 4.32. The zero-order chi connectivity index (χ0) is 21.5. The van der Waals surface area contributed by atoms with Gasteiger partial charge in [-0.3, -0.25) is 9.59 Å². The van der Waals surface area contributed by atoms with Crippen LogP contribution in [-0.2, 0) is 16.4 Å². The van der Waals surface area contributed by atoms with E-state index in [2.05, 4.69) is 15.9 Å². The van der Waals surface area contributed by atoms with Crippen LogP contribution in [0.5, 0.6) is 0 Å². The zero-order valence-corrected chi connectivity index (χ0v) is 18.1. The van der Waals surface area contributed by atoms with Crippen molar-refractivity contribution in [3.8, 4) is 0 Å². The fourth-order valence-corrected chi connectivity index (χ4v) is 5.69. The van der Waals surface area contributed by atoms with Gasteiger partial charge >= 0.3 is 0 Å². The first-order valence-electron chi connectivity index (χ1n) is 9.21. The predicted octanol–water partition coefficient (Wildman–Crippen LogP) is 3.52. The number of carbonyl (C=O) groups is 1. The van der Waals surface area contributed by atoms with Crippen molar-refractivity contribution < 1.29 is 22.0 Å². The van der Waals surface area contributed by atoms with E-state index in [1.54, 1.807) is 24.3 Å². The van der Waals surface area contributed by atoms with Crippen molar-refractivity contribution >= 4 is 42.6 Å². The molecular formula is C21H17BrFNO5S. The Bertz CT molecular complexity index is 1300. The average Bonchev–Trinajstić information content (AvgIpc) is 3.05. The summed E-state index contributed by atoms with van der Waals surface area (Å²) < 4.78 is 44.0. The van der Waals surface area contributed by atoms with Crippen LogP contribution in [0.4, 0.5) is 4.39 Å². The predicted molar refractivity (Wildman–Crippen MR) is 114 cm³/mol. The molecule has 6 nitrogen and oxygen atoms in total. The smallest absolute Gasteiger partial charge is 0.290 e. The number of hydrogen-bond acceptors (Lipinski definition) is 5. The third-order valence-electron chi connectivity index (χ3n) is 5.05. The highest BCUT2D eigenvalue weighted by Gasteiger charge is 2.36. The standard InChI is InChI=1S/C21H17BrFNO5S/c22-14-4-5-19-17(9-14)18(25)10-20(29-19)21(26)24(16-6-7-30(27,28)12-16)11-13-2-1-3-15(23)8-13/h1-5,8-10,16H,6-7,11-12H2/t16-/m0/s1. The number of benzene rings is 2. The minimum atomic E-state index is -3.27. The van der Waals surface area contributed by atoms with Crippen LogP contribution in [0.3, 0.4) is 0 Å². The van der Waals surface area contributed by atoms with Crippen molar-refractivity contribution in [2.75, 3.05) is 11.5 Å². The number of hydrogen-bond donors (Lipinski definition) is 0. The van der Waals surface area contributed by atoms with Gasteiger partial charge in [0, 0.05) is 23.1 Å². The topological polar surface area (TPSA) is 84.7 Å². The normalized spacial score (nSPS) is 17.9. The van der Waals surface area contributed by atoms with E-state index in [1.165, 1.54) is 23.1 Å². The van der Waals surface area contributed by atoms with E-state index in [1.807, 2.05) is 0 Å². The highest BCUT2D eigenvalue weighted by atomic mass is 79.9. The first-order chi connectivity index (χ1) is 14.2. The van der Waals surface area contributed by atoms with Gasteiger partial charge < -0.3 is 9.32 Å². The fourth-order valence-electron chi connectivity index (χ4n) is 3.60. The Morgan fingerprint density at radius 3 is 2.70 bits per heavy atom. The van der Waals surface area contributed by atoms with Crippen LogP contribution in [0.15, 0.2) is 62.2 Å². The van der Waals surface area contributed by atoms with Crippen molar-refractivity contribution in [3.63, 3.8) is 0 Å². The molecule has 1 atom stereocenters. The zero-order valence-electron chi connectivity index (χ0n) is 15.7. The second-order valence-electron chi connectivity index (χ2n) is 7.24. The van der Waals surface area contributed by atoms with E-state index < -0.39 is 27.6 Å². The van der Waals surface area contributed by atoms with Crippen molar-refractivity contribution in [1.29, 1.82) is 0 Å². The molecule has 1 aromatic heterocycles. The van der Waals surface area contributed by atoms with Gasteiger partial charge in [0.15, 0.2) is 21.0 Å². The first kappa shape index (κ1) is 20.7. The van der Waals surface area contributed by atoms with Crippen LogP contribution in [0.1, 0.15) is 22.5 Å². The maximum absolute atomic E-state index is 13.6. The molecule has 3 aromatic rings. The van der Waals surface area contributed by atoms with Gasteiger partial charge in [0.1, 0.15) is 11.4 Å². The van der Waals surface area contributed by atoms with E-state index in [0.29, 0.717) is 15.4 Å². The van der Waals surface area contributed by atoms with Crippen LogP contribution in [-0.4, -0.2) is 36.8 Å². The summed E-state index contributed by atoms with van der Waals surface area (Å²) in [6, 6.07) is 11.1. The Balaban J connectivity index is 1.74. The van der Waals surface area contributed by atoms with Crippen molar-refractivity contribution in [3.05, 3.63) is 80.4 Å². The Morgan fingerprint density at radius 2 is 2.00 bits per heavy atom. The van der Waals surface area contributed by atoms with Crippen molar-refractivity contribution in [2.45, 2.75) is 19.0 Å². The molecule has 156 valence electrons. The van der Waals surface area contributed by atoms with Crippen LogP contribution in [0, 0.1) is 5.82 Å². The molecule has 1 saturated heterocycles. The first-order valence-corrected chi connectivity index (χ1v) is 11.8. The molecule has 1 fully saturated rings. The lowest BCUT2D eigenvalue weighted by molar-refractivity contribution is 0.0648.